The molecule has 4 rings (SSSR count). The number of aliphatic carboxylic acids is 1. The van der Waals surface area contributed by atoms with E-state index in [9.17, 15) is 18.0 Å². The molecule has 0 spiro atoms. The molecule has 1 amide bonds. The number of hydrogen-bond acceptors (Lipinski definition) is 4. The van der Waals surface area contributed by atoms with Gasteiger partial charge in [0.05, 0.1) is 12.0 Å². The summed E-state index contributed by atoms with van der Waals surface area (Å²) in [5, 5.41) is 9.96. The van der Waals surface area contributed by atoms with Crippen LogP contribution in [0.3, 0.4) is 0 Å². The SMILES string of the molecule is O=C(Nc1ccccc1)c1cn2cc(-n3ccnc3)ccc2n1.O=C(O)C(F)(F)F. The lowest BCUT2D eigenvalue weighted by molar-refractivity contribution is -0.192. The first kappa shape index (κ1) is 20.6. The average molecular weight is 417 g/mol. The van der Waals surface area contributed by atoms with Crippen LogP contribution in [0.2, 0.25) is 0 Å². The summed E-state index contributed by atoms with van der Waals surface area (Å²) < 4.78 is 35.5. The van der Waals surface area contributed by atoms with E-state index in [2.05, 4.69) is 15.3 Å². The minimum absolute atomic E-state index is 0.232. The van der Waals surface area contributed by atoms with E-state index in [1.54, 1.807) is 18.7 Å². The zero-order valence-electron chi connectivity index (χ0n) is 15.1. The van der Waals surface area contributed by atoms with Gasteiger partial charge >= 0.3 is 12.1 Å². The molecule has 4 aromatic rings. The molecule has 30 heavy (non-hydrogen) atoms. The number of nitrogens with zero attached hydrogens (tertiary/aromatic N) is 4. The second-order valence-corrected chi connectivity index (χ2v) is 5.87. The quantitative estimate of drug-likeness (QED) is 0.532. The highest BCUT2D eigenvalue weighted by molar-refractivity contribution is 6.03. The number of aromatic nitrogens is 4. The maximum absolute atomic E-state index is 12.3. The van der Waals surface area contributed by atoms with Gasteiger partial charge in [-0.3, -0.25) is 4.79 Å². The summed E-state index contributed by atoms with van der Waals surface area (Å²) in [4.78, 5) is 29.6. The fraction of sp³-hybridized carbons (Fsp3) is 0.0526. The van der Waals surface area contributed by atoms with Crippen molar-refractivity contribution in [2.75, 3.05) is 5.32 Å². The molecule has 0 saturated heterocycles. The predicted octanol–water partition coefficient (Wildman–Crippen LogP) is 3.41. The van der Waals surface area contributed by atoms with Gasteiger partial charge < -0.3 is 19.4 Å². The maximum atomic E-state index is 12.3. The van der Waals surface area contributed by atoms with Gasteiger partial charge in [-0.2, -0.15) is 13.2 Å². The van der Waals surface area contributed by atoms with Crippen LogP contribution in [-0.2, 0) is 4.79 Å². The smallest absolute Gasteiger partial charge is 0.475 e. The summed E-state index contributed by atoms with van der Waals surface area (Å²) in [5.74, 6) is -2.99. The molecule has 0 aliphatic carbocycles. The fourth-order valence-corrected chi connectivity index (χ4v) is 2.37. The van der Waals surface area contributed by atoms with Crippen LogP contribution >= 0.6 is 0 Å². The summed E-state index contributed by atoms with van der Waals surface area (Å²) in [6.07, 6.45) is 3.84. The van der Waals surface area contributed by atoms with Crippen molar-refractivity contribution in [2.24, 2.45) is 0 Å². The van der Waals surface area contributed by atoms with Crippen molar-refractivity contribution in [3.05, 3.63) is 79.3 Å². The molecule has 0 saturated carbocycles. The summed E-state index contributed by atoms with van der Waals surface area (Å²) in [6, 6.07) is 13.1. The van der Waals surface area contributed by atoms with Crippen LogP contribution in [0, 0.1) is 0 Å². The van der Waals surface area contributed by atoms with Gasteiger partial charge in [-0.15, -0.1) is 0 Å². The third kappa shape index (κ3) is 5.01. The third-order valence-corrected chi connectivity index (χ3v) is 3.74. The Morgan fingerprint density at radius 3 is 2.33 bits per heavy atom. The number of fused-ring (bicyclic) bond motifs is 1. The summed E-state index contributed by atoms with van der Waals surface area (Å²) in [5.41, 5.74) is 2.78. The van der Waals surface area contributed by atoms with Crippen LogP contribution in [0.1, 0.15) is 10.5 Å². The minimum atomic E-state index is -5.08. The molecule has 11 heteroatoms. The highest BCUT2D eigenvalue weighted by Crippen LogP contribution is 2.14. The van der Waals surface area contributed by atoms with E-state index in [0.29, 0.717) is 11.3 Å². The summed E-state index contributed by atoms with van der Waals surface area (Å²) in [7, 11) is 0. The topological polar surface area (TPSA) is 102 Å². The first-order chi connectivity index (χ1) is 14.2. The number of anilines is 1. The standard InChI is InChI=1S/C17H13N5O.C2HF3O2/c23-17(19-13-4-2-1-3-5-13)15-11-22-10-14(6-7-16(22)20-15)21-9-8-18-12-21;3-2(4,5)1(6)7/h1-12H,(H,19,23);(H,6,7). The molecular weight excluding hydrogens is 403 g/mol. The van der Waals surface area contributed by atoms with Crippen LogP contribution in [0.15, 0.2) is 73.6 Å². The first-order valence-corrected chi connectivity index (χ1v) is 8.37. The molecule has 8 nitrogen and oxygen atoms in total. The molecule has 0 atom stereocenters. The van der Waals surface area contributed by atoms with Gasteiger partial charge in [0.2, 0.25) is 0 Å². The van der Waals surface area contributed by atoms with E-state index < -0.39 is 12.1 Å². The number of rotatable bonds is 3. The molecule has 2 N–H and O–H groups in total. The number of hydrogen-bond donors (Lipinski definition) is 2. The van der Waals surface area contributed by atoms with Gasteiger partial charge in [-0.1, -0.05) is 18.2 Å². The molecule has 1 aromatic carbocycles. The number of carbonyl (C=O) groups is 2. The van der Waals surface area contributed by atoms with Gasteiger partial charge in [-0.05, 0) is 24.3 Å². The Bertz CT molecular complexity index is 1160. The molecular formula is C19H14F3N5O3. The number of nitrogens with one attached hydrogen (secondary N) is 1. The molecule has 3 aromatic heterocycles. The predicted molar refractivity (Wildman–Crippen MR) is 100 cm³/mol. The molecule has 0 unspecified atom stereocenters. The molecule has 0 bridgehead atoms. The monoisotopic (exact) mass is 417 g/mol. The zero-order chi connectivity index (χ0) is 21.7. The van der Waals surface area contributed by atoms with Crippen LogP contribution in [0.25, 0.3) is 11.3 Å². The van der Waals surface area contributed by atoms with Crippen molar-refractivity contribution in [3.63, 3.8) is 0 Å². The Morgan fingerprint density at radius 2 is 1.73 bits per heavy atom. The fourth-order valence-electron chi connectivity index (χ4n) is 2.37. The molecule has 0 aliphatic heterocycles. The lowest BCUT2D eigenvalue weighted by Crippen LogP contribution is -2.21. The Kier molecular flexibility index (Phi) is 5.81. The maximum Gasteiger partial charge on any atom is 0.490 e. The van der Waals surface area contributed by atoms with E-state index >= 15 is 0 Å². The van der Waals surface area contributed by atoms with Crippen molar-refractivity contribution in [2.45, 2.75) is 6.18 Å². The molecule has 3 heterocycles. The average Bonchev–Trinajstić information content (AvgIpc) is 3.38. The van der Waals surface area contributed by atoms with Crippen molar-refractivity contribution in [1.82, 2.24) is 18.9 Å². The van der Waals surface area contributed by atoms with E-state index in [-0.39, 0.29) is 5.91 Å². The minimum Gasteiger partial charge on any atom is -0.475 e. The van der Waals surface area contributed by atoms with E-state index in [1.165, 1.54) is 0 Å². The van der Waals surface area contributed by atoms with Gasteiger partial charge in [-0.25, -0.2) is 14.8 Å². The Morgan fingerprint density at radius 1 is 1.03 bits per heavy atom. The number of alkyl halides is 3. The molecule has 0 fully saturated rings. The normalized spacial score (nSPS) is 10.9. The Balaban J connectivity index is 0.000000318. The second-order valence-electron chi connectivity index (χ2n) is 5.87. The Labute approximate surface area is 167 Å². The molecule has 0 radical (unpaired) electrons. The van der Waals surface area contributed by atoms with Crippen LogP contribution < -0.4 is 5.32 Å². The number of benzene rings is 1. The lowest BCUT2D eigenvalue weighted by Gasteiger charge is -2.02. The number of carbonyl (C=O) groups excluding carboxylic acids is 1. The van der Waals surface area contributed by atoms with Crippen LogP contribution in [0.4, 0.5) is 18.9 Å². The number of para-hydroxylation sites is 1. The van der Waals surface area contributed by atoms with Crippen molar-refractivity contribution < 1.29 is 27.9 Å². The van der Waals surface area contributed by atoms with E-state index in [4.69, 9.17) is 9.90 Å². The number of imidazole rings is 2. The third-order valence-electron chi connectivity index (χ3n) is 3.74. The number of amides is 1. The second kappa shape index (κ2) is 8.47. The highest BCUT2D eigenvalue weighted by Gasteiger charge is 2.38. The molecule has 0 aliphatic rings. The number of carboxylic acids is 1. The lowest BCUT2D eigenvalue weighted by atomic mass is 10.3. The molecule has 154 valence electrons. The van der Waals surface area contributed by atoms with Crippen molar-refractivity contribution >= 4 is 23.2 Å². The van der Waals surface area contributed by atoms with Gasteiger partial charge in [0, 0.05) is 30.5 Å². The number of carboxylic acid groups (broad SMARTS) is 1. The largest absolute Gasteiger partial charge is 0.490 e. The number of halogens is 3. The highest BCUT2D eigenvalue weighted by atomic mass is 19.4. The Hall–Kier alpha value is -4.15. The summed E-state index contributed by atoms with van der Waals surface area (Å²) in [6.45, 7) is 0. The summed E-state index contributed by atoms with van der Waals surface area (Å²) >= 11 is 0. The van der Waals surface area contributed by atoms with Gasteiger partial charge in [0.25, 0.3) is 5.91 Å². The zero-order valence-corrected chi connectivity index (χ0v) is 15.1. The first-order valence-electron chi connectivity index (χ1n) is 8.37. The van der Waals surface area contributed by atoms with Gasteiger partial charge in [0.15, 0.2) is 0 Å². The number of pyridine rings is 1. The van der Waals surface area contributed by atoms with E-state index in [1.807, 2.05) is 63.8 Å². The van der Waals surface area contributed by atoms with Crippen molar-refractivity contribution in [3.8, 4) is 5.69 Å². The van der Waals surface area contributed by atoms with Crippen molar-refractivity contribution in [1.29, 1.82) is 0 Å². The van der Waals surface area contributed by atoms with Gasteiger partial charge in [0.1, 0.15) is 11.3 Å². The van der Waals surface area contributed by atoms with E-state index in [0.717, 1.165) is 11.4 Å². The van der Waals surface area contributed by atoms with Crippen LogP contribution in [0.5, 0.6) is 0 Å². The van der Waals surface area contributed by atoms with Crippen LogP contribution in [-0.4, -0.2) is 42.1 Å².